The number of thiophene rings is 1. The number of carbonyl (C=O) groups excluding carboxylic acids is 1. The molecule has 0 spiro atoms. The number of carbonyl (C=O) groups is 1. The number of aryl methyl sites for hydroxylation is 1. The van der Waals surface area contributed by atoms with Crippen molar-refractivity contribution in [2.45, 2.75) is 32.7 Å². The summed E-state index contributed by atoms with van der Waals surface area (Å²) in [7, 11) is 0. The van der Waals surface area contributed by atoms with E-state index in [2.05, 4.69) is 15.1 Å². The van der Waals surface area contributed by atoms with Gasteiger partial charge in [0.15, 0.2) is 0 Å². The monoisotopic (exact) mass is 366 g/mol. The summed E-state index contributed by atoms with van der Waals surface area (Å²) in [6, 6.07) is 5.55. The molecule has 4 heterocycles. The van der Waals surface area contributed by atoms with Gasteiger partial charge in [-0.15, -0.1) is 11.3 Å². The molecule has 1 aliphatic rings. The van der Waals surface area contributed by atoms with Gasteiger partial charge in [-0.25, -0.2) is 5.01 Å². The second-order valence-corrected chi connectivity index (χ2v) is 7.18. The highest BCUT2D eigenvalue weighted by atomic mass is 32.1. The summed E-state index contributed by atoms with van der Waals surface area (Å²) >= 11 is 1.51. The Bertz CT molecular complexity index is 1070. The van der Waals surface area contributed by atoms with Gasteiger partial charge in [-0.05, 0) is 35.6 Å². The van der Waals surface area contributed by atoms with Crippen molar-refractivity contribution in [3.63, 3.8) is 0 Å². The number of nitrogens with one attached hydrogen (secondary N) is 1. The number of hydrogen-bond donors (Lipinski definition) is 1. The number of amides is 1. The fourth-order valence-corrected chi connectivity index (χ4v) is 4.25. The number of rotatable bonds is 3. The van der Waals surface area contributed by atoms with E-state index in [-0.39, 0.29) is 17.5 Å². The highest BCUT2D eigenvalue weighted by Crippen LogP contribution is 2.33. The number of aromatic amines is 1. The molecule has 3 aromatic rings. The summed E-state index contributed by atoms with van der Waals surface area (Å²) < 4.78 is 0. The third kappa shape index (κ3) is 2.64. The first kappa shape index (κ1) is 16.7. The van der Waals surface area contributed by atoms with Gasteiger partial charge in [0.1, 0.15) is 4.83 Å². The van der Waals surface area contributed by atoms with E-state index in [1.165, 1.54) is 16.3 Å². The van der Waals surface area contributed by atoms with Gasteiger partial charge < -0.3 is 4.98 Å². The summed E-state index contributed by atoms with van der Waals surface area (Å²) in [5, 5.41) is 9.04. The van der Waals surface area contributed by atoms with Crippen LogP contribution in [0.4, 0.5) is 0 Å². The Morgan fingerprint density at radius 3 is 3.00 bits per heavy atom. The van der Waals surface area contributed by atoms with Crippen LogP contribution in [0.5, 0.6) is 0 Å². The highest BCUT2D eigenvalue weighted by Gasteiger charge is 2.34. The SMILES string of the molecule is CCC(=O)N1N=C(c2c(C)c3ccsc3[nH]c2=O)CC1c1cccnc1. The van der Waals surface area contributed by atoms with E-state index in [1.54, 1.807) is 12.4 Å². The van der Waals surface area contributed by atoms with Crippen LogP contribution in [0.25, 0.3) is 10.2 Å². The van der Waals surface area contributed by atoms with Gasteiger partial charge in [0.25, 0.3) is 5.56 Å². The molecule has 3 aromatic heterocycles. The lowest BCUT2D eigenvalue weighted by molar-refractivity contribution is -0.132. The van der Waals surface area contributed by atoms with Crippen LogP contribution in [0.3, 0.4) is 0 Å². The third-order valence-electron chi connectivity index (χ3n) is 4.72. The molecular weight excluding hydrogens is 348 g/mol. The highest BCUT2D eigenvalue weighted by molar-refractivity contribution is 7.16. The van der Waals surface area contributed by atoms with E-state index in [9.17, 15) is 9.59 Å². The normalized spacial score (nSPS) is 16.9. The maximum Gasteiger partial charge on any atom is 0.258 e. The van der Waals surface area contributed by atoms with Crippen molar-refractivity contribution in [3.05, 3.63) is 63.0 Å². The van der Waals surface area contributed by atoms with Gasteiger partial charge in [0.2, 0.25) is 5.91 Å². The first-order valence-corrected chi connectivity index (χ1v) is 9.38. The van der Waals surface area contributed by atoms with Crippen molar-refractivity contribution in [1.82, 2.24) is 15.0 Å². The van der Waals surface area contributed by atoms with E-state index < -0.39 is 0 Å². The molecule has 1 unspecified atom stereocenters. The number of hydrazone groups is 1. The second kappa shape index (κ2) is 6.49. The smallest absolute Gasteiger partial charge is 0.258 e. The van der Waals surface area contributed by atoms with Crippen molar-refractivity contribution < 1.29 is 4.79 Å². The van der Waals surface area contributed by atoms with Gasteiger partial charge in [0.05, 0.1) is 17.3 Å². The lowest BCUT2D eigenvalue weighted by Crippen LogP contribution is -2.26. The zero-order valence-corrected chi connectivity index (χ0v) is 15.3. The molecule has 6 nitrogen and oxygen atoms in total. The zero-order valence-electron chi connectivity index (χ0n) is 14.5. The fraction of sp³-hybridized carbons (Fsp3) is 0.263. The van der Waals surface area contributed by atoms with Crippen molar-refractivity contribution in [2.24, 2.45) is 5.10 Å². The molecule has 0 bridgehead atoms. The summed E-state index contributed by atoms with van der Waals surface area (Å²) in [5.74, 6) is -0.0699. The van der Waals surface area contributed by atoms with Gasteiger partial charge >= 0.3 is 0 Å². The van der Waals surface area contributed by atoms with Gasteiger partial charge in [-0.2, -0.15) is 5.10 Å². The van der Waals surface area contributed by atoms with Gasteiger partial charge in [0, 0.05) is 30.6 Å². The summed E-state index contributed by atoms with van der Waals surface area (Å²) in [5.41, 5.74) is 2.87. The van der Waals surface area contributed by atoms with E-state index >= 15 is 0 Å². The van der Waals surface area contributed by atoms with E-state index in [0.717, 1.165) is 21.3 Å². The van der Waals surface area contributed by atoms with Crippen LogP contribution < -0.4 is 5.56 Å². The number of pyridine rings is 2. The number of aromatic nitrogens is 2. The molecule has 132 valence electrons. The van der Waals surface area contributed by atoms with Gasteiger partial charge in [-0.3, -0.25) is 14.6 Å². The predicted molar refractivity (Wildman–Crippen MR) is 102 cm³/mol. The topological polar surface area (TPSA) is 78.4 Å². The van der Waals surface area contributed by atoms with Crippen LogP contribution in [-0.2, 0) is 4.79 Å². The lowest BCUT2D eigenvalue weighted by atomic mass is 9.97. The zero-order chi connectivity index (χ0) is 18.3. The average molecular weight is 366 g/mol. The third-order valence-corrected chi connectivity index (χ3v) is 5.55. The number of nitrogens with zero attached hydrogens (tertiary/aromatic N) is 3. The molecule has 1 aliphatic heterocycles. The van der Waals surface area contributed by atoms with E-state index in [1.807, 2.05) is 37.4 Å². The molecule has 0 aliphatic carbocycles. The Labute approximate surface area is 154 Å². The molecular formula is C19H18N4O2S. The molecule has 1 amide bonds. The first-order valence-electron chi connectivity index (χ1n) is 8.50. The van der Waals surface area contributed by atoms with Crippen LogP contribution in [0.15, 0.2) is 45.9 Å². The molecule has 1 N–H and O–H groups in total. The maximum absolute atomic E-state index is 12.7. The second-order valence-electron chi connectivity index (χ2n) is 6.26. The van der Waals surface area contributed by atoms with E-state index in [4.69, 9.17) is 0 Å². The van der Waals surface area contributed by atoms with Crippen molar-refractivity contribution in [2.75, 3.05) is 0 Å². The van der Waals surface area contributed by atoms with Crippen LogP contribution in [0.1, 0.15) is 42.5 Å². The molecule has 1 atom stereocenters. The average Bonchev–Trinajstić information content (AvgIpc) is 3.29. The Morgan fingerprint density at radius 1 is 1.42 bits per heavy atom. The lowest BCUT2D eigenvalue weighted by Gasteiger charge is -2.21. The van der Waals surface area contributed by atoms with Crippen molar-refractivity contribution in [3.8, 4) is 0 Å². The molecule has 4 rings (SSSR count). The molecule has 0 radical (unpaired) electrons. The predicted octanol–water partition coefficient (Wildman–Crippen LogP) is 3.38. The quantitative estimate of drug-likeness (QED) is 0.772. The van der Waals surface area contributed by atoms with Crippen molar-refractivity contribution in [1.29, 1.82) is 0 Å². The van der Waals surface area contributed by atoms with E-state index in [0.29, 0.717) is 24.1 Å². The van der Waals surface area contributed by atoms with Crippen LogP contribution in [-0.4, -0.2) is 26.6 Å². The Kier molecular flexibility index (Phi) is 4.16. The molecule has 0 saturated heterocycles. The molecule has 0 fully saturated rings. The number of hydrogen-bond acceptors (Lipinski definition) is 5. The standard InChI is InChI=1S/C19H18N4O2S/c1-3-16(24)23-15(12-5-4-7-20-10-12)9-14(22-23)17-11(2)13-6-8-26-19(13)21-18(17)25/h4-8,10,15H,3,9H2,1-2H3,(H,21,25). The molecule has 26 heavy (non-hydrogen) atoms. The molecule has 0 aromatic carbocycles. The van der Waals surface area contributed by atoms with Crippen molar-refractivity contribution >= 4 is 33.2 Å². The molecule has 0 saturated carbocycles. The first-order chi connectivity index (χ1) is 12.6. The Morgan fingerprint density at radius 2 is 2.27 bits per heavy atom. The Hall–Kier alpha value is -2.80. The van der Waals surface area contributed by atoms with Crippen LogP contribution >= 0.6 is 11.3 Å². The fourth-order valence-electron chi connectivity index (χ4n) is 3.41. The van der Waals surface area contributed by atoms with Crippen LogP contribution in [0.2, 0.25) is 0 Å². The minimum Gasteiger partial charge on any atom is -0.313 e. The van der Waals surface area contributed by atoms with Gasteiger partial charge in [-0.1, -0.05) is 13.0 Å². The Balaban J connectivity index is 1.83. The minimum atomic E-state index is -0.233. The number of H-pyrrole nitrogens is 1. The number of fused-ring (bicyclic) bond motifs is 1. The largest absolute Gasteiger partial charge is 0.313 e. The minimum absolute atomic E-state index is 0.0699. The summed E-state index contributed by atoms with van der Waals surface area (Å²) in [4.78, 5) is 33.1. The molecule has 7 heteroatoms. The maximum atomic E-state index is 12.7. The summed E-state index contributed by atoms with van der Waals surface area (Å²) in [6.07, 6.45) is 4.30. The summed E-state index contributed by atoms with van der Waals surface area (Å²) in [6.45, 7) is 3.75. The van der Waals surface area contributed by atoms with Crippen LogP contribution in [0, 0.1) is 6.92 Å².